The zero-order valence-electron chi connectivity index (χ0n) is 10.9. The summed E-state index contributed by atoms with van der Waals surface area (Å²) in [5.41, 5.74) is 1.70. The minimum atomic E-state index is -4.95. The minimum absolute atomic E-state index is 0.267. The SMILES string of the molecule is NNC(=O)C1(C(=O)C2CCC2)OCCC(OC(F)(F)F)O1. The number of nitrogens with one attached hydrogen (secondary N) is 1. The molecule has 7 nitrogen and oxygen atoms in total. The van der Waals surface area contributed by atoms with E-state index in [-0.39, 0.29) is 13.0 Å². The normalized spacial score (nSPS) is 30.6. The molecule has 1 saturated carbocycles. The van der Waals surface area contributed by atoms with E-state index in [1.54, 1.807) is 5.43 Å². The second-order valence-electron chi connectivity index (χ2n) is 4.83. The number of halogens is 3. The first-order chi connectivity index (χ1) is 9.78. The van der Waals surface area contributed by atoms with Gasteiger partial charge in [0.1, 0.15) is 0 Å². The van der Waals surface area contributed by atoms with Gasteiger partial charge in [0, 0.05) is 12.3 Å². The van der Waals surface area contributed by atoms with Crippen LogP contribution in [0.4, 0.5) is 13.2 Å². The topological polar surface area (TPSA) is 99.9 Å². The average Bonchev–Trinajstić information content (AvgIpc) is 2.33. The highest BCUT2D eigenvalue weighted by atomic mass is 19.4. The smallest absolute Gasteiger partial charge is 0.336 e. The molecule has 0 aromatic heterocycles. The Bertz CT molecular complexity index is 427. The van der Waals surface area contributed by atoms with Gasteiger partial charge in [0.2, 0.25) is 5.78 Å². The quantitative estimate of drug-likeness (QED) is 0.336. The molecule has 3 N–H and O–H groups in total. The van der Waals surface area contributed by atoms with Gasteiger partial charge in [-0.3, -0.25) is 19.8 Å². The van der Waals surface area contributed by atoms with Crippen LogP contribution in [-0.2, 0) is 23.8 Å². The van der Waals surface area contributed by atoms with Crippen molar-refractivity contribution >= 4 is 11.7 Å². The molecule has 2 rings (SSSR count). The summed E-state index contributed by atoms with van der Waals surface area (Å²) < 4.78 is 50.5. The van der Waals surface area contributed by atoms with Crippen LogP contribution in [0.1, 0.15) is 25.7 Å². The molecular formula is C11H15F3N2O5. The lowest BCUT2D eigenvalue weighted by molar-refractivity contribution is -0.415. The van der Waals surface area contributed by atoms with Gasteiger partial charge in [-0.1, -0.05) is 6.42 Å². The number of ether oxygens (including phenoxy) is 3. The Kier molecular flexibility index (Phi) is 4.51. The third kappa shape index (κ3) is 3.34. The summed E-state index contributed by atoms with van der Waals surface area (Å²) in [4.78, 5) is 24.2. The molecule has 0 radical (unpaired) electrons. The number of carbonyl (C=O) groups is 2. The molecule has 0 spiro atoms. The molecule has 0 aromatic rings. The summed E-state index contributed by atoms with van der Waals surface area (Å²) in [5, 5.41) is 0. The van der Waals surface area contributed by atoms with E-state index in [2.05, 4.69) is 4.74 Å². The highest BCUT2D eigenvalue weighted by Crippen LogP contribution is 2.36. The summed E-state index contributed by atoms with van der Waals surface area (Å²) >= 11 is 0. The van der Waals surface area contributed by atoms with Crippen LogP contribution in [0.15, 0.2) is 0 Å². The van der Waals surface area contributed by atoms with E-state index in [9.17, 15) is 22.8 Å². The lowest BCUT2D eigenvalue weighted by Gasteiger charge is -2.40. The van der Waals surface area contributed by atoms with Gasteiger partial charge in [-0.2, -0.15) is 0 Å². The molecule has 1 amide bonds. The maximum Gasteiger partial charge on any atom is 0.524 e. The maximum atomic E-state index is 12.3. The Labute approximate surface area is 117 Å². The Morgan fingerprint density at radius 1 is 1.29 bits per heavy atom. The highest BCUT2D eigenvalue weighted by molar-refractivity contribution is 6.08. The molecule has 0 aromatic carbocycles. The predicted molar refractivity (Wildman–Crippen MR) is 60.0 cm³/mol. The summed E-state index contributed by atoms with van der Waals surface area (Å²) in [6, 6.07) is 0. The van der Waals surface area contributed by atoms with E-state index in [0.29, 0.717) is 12.8 Å². The van der Waals surface area contributed by atoms with Crippen LogP contribution in [-0.4, -0.2) is 36.7 Å². The van der Waals surface area contributed by atoms with E-state index < -0.39 is 36.0 Å². The van der Waals surface area contributed by atoms with Crippen molar-refractivity contribution in [2.45, 2.75) is 44.1 Å². The van der Waals surface area contributed by atoms with E-state index in [4.69, 9.17) is 15.3 Å². The van der Waals surface area contributed by atoms with Crippen LogP contribution in [0.2, 0.25) is 0 Å². The molecule has 21 heavy (non-hydrogen) atoms. The molecule has 1 saturated heterocycles. The molecular weight excluding hydrogens is 297 g/mol. The second-order valence-corrected chi connectivity index (χ2v) is 4.83. The zero-order chi connectivity index (χ0) is 15.7. The van der Waals surface area contributed by atoms with E-state index >= 15 is 0 Å². The van der Waals surface area contributed by atoms with Gasteiger partial charge in [-0.05, 0) is 12.8 Å². The first kappa shape index (κ1) is 16.1. The van der Waals surface area contributed by atoms with Gasteiger partial charge in [0.25, 0.3) is 0 Å². The van der Waals surface area contributed by atoms with Crippen molar-refractivity contribution in [3.8, 4) is 0 Å². The van der Waals surface area contributed by atoms with Crippen LogP contribution in [0.5, 0.6) is 0 Å². The highest BCUT2D eigenvalue weighted by Gasteiger charge is 2.56. The largest absolute Gasteiger partial charge is 0.524 e. The number of alkyl halides is 3. The van der Waals surface area contributed by atoms with Crippen LogP contribution in [0.25, 0.3) is 0 Å². The third-order valence-electron chi connectivity index (χ3n) is 3.45. The molecule has 1 heterocycles. The van der Waals surface area contributed by atoms with Crippen LogP contribution in [0, 0.1) is 5.92 Å². The first-order valence-corrected chi connectivity index (χ1v) is 6.40. The third-order valence-corrected chi connectivity index (χ3v) is 3.45. The van der Waals surface area contributed by atoms with Crippen LogP contribution >= 0.6 is 0 Å². The molecule has 2 atom stereocenters. The van der Waals surface area contributed by atoms with Gasteiger partial charge >= 0.3 is 18.1 Å². The molecule has 2 unspecified atom stereocenters. The van der Waals surface area contributed by atoms with Crippen molar-refractivity contribution in [1.82, 2.24) is 5.43 Å². The Balaban J connectivity index is 2.18. The molecule has 2 fully saturated rings. The fourth-order valence-electron chi connectivity index (χ4n) is 2.20. The average molecular weight is 312 g/mol. The van der Waals surface area contributed by atoms with Crippen molar-refractivity contribution < 1.29 is 37.0 Å². The van der Waals surface area contributed by atoms with E-state index in [1.165, 1.54) is 0 Å². The van der Waals surface area contributed by atoms with Gasteiger partial charge in [-0.15, -0.1) is 13.2 Å². The van der Waals surface area contributed by atoms with Gasteiger partial charge in [-0.25, -0.2) is 5.84 Å². The number of ketones is 1. The number of hydrazine groups is 1. The fourth-order valence-corrected chi connectivity index (χ4v) is 2.20. The predicted octanol–water partition coefficient (Wildman–Crippen LogP) is 0.341. The van der Waals surface area contributed by atoms with Crippen molar-refractivity contribution in [3.63, 3.8) is 0 Å². The minimum Gasteiger partial charge on any atom is -0.336 e. The summed E-state index contributed by atoms with van der Waals surface area (Å²) in [5.74, 6) is 0.139. The number of rotatable bonds is 4. The summed E-state index contributed by atoms with van der Waals surface area (Å²) in [6.45, 7) is -0.299. The number of carbonyl (C=O) groups excluding carboxylic acids is 2. The van der Waals surface area contributed by atoms with E-state index in [0.717, 1.165) is 6.42 Å². The molecule has 0 bridgehead atoms. The Morgan fingerprint density at radius 2 is 1.95 bits per heavy atom. The Morgan fingerprint density at radius 3 is 2.43 bits per heavy atom. The molecule has 1 aliphatic carbocycles. The van der Waals surface area contributed by atoms with Crippen molar-refractivity contribution in [1.29, 1.82) is 0 Å². The number of hydrogen-bond donors (Lipinski definition) is 2. The standard InChI is InChI=1S/C11H15F3N2O5/c12-11(13,14)21-7-4-5-19-10(20-7,9(18)16-15)8(17)6-2-1-3-6/h6-7H,1-5,15H2,(H,16,18). The monoisotopic (exact) mass is 312 g/mol. The Hall–Kier alpha value is -1.23. The number of hydrogen-bond acceptors (Lipinski definition) is 6. The number of Topliss-reactive ketones (excluding diaryl/α,β-unsaturated/α-hetero) is 1. The zero-order valence-corrected chi connectivity index (χ0v) is 10.9. The molecule has 1 aliphatic heterocycles. The number of amides is 1. The fraction of sp³-hybridized carbons (Fsp3) is 0.818. The molecule has 10 heteroatoms. The van der Waals surface area contributed by atoms with Gasteiger partial charge < -0.3 is 9.47 Å². The maximum absolute atomic E-state index is 12.3. The van der Waals surface area contributed by atoms with E-state index in [1.807, 2.05) is 0 Å². The van der Waals surface area contributed by atoms with Crippen molar-refractivity contribution in [2.75, 3.05) is 6.61 Å². The van der Waals surface area contributed by atoms with Gasteiger partial charge in [0.05, 0.1) is 6.61 Å². The van der Waals surface area contributed by atoms with Crippen molar-refractivity contribution in [2.24, 2.45) is 11.8 Å². The first-order valence-electron chi connectivity index (χ1n) is 6.40. The van der Waals surface area contributed by atoms with Crippen LogP contribution in [0.3, 0.4) is 0 Å². The second kappa shape index (κ2) is 5.87. The summed E-state index contributed by atoms with van der Waals surface area (Å²) in [7, 11) is 0. The lowest BCUT2D eigenvalue weighted by atomic mass is 9.79. The molecule has 120 valence electrons. The number of nitrogens with two attached hydrogens (primary N) is 1. The summed E-state index contributed by atoms with van der Waals surface area (Å²) in [6.07, 6.45) is -5.19. The van der Waals surface area contributed by atoms with Crippen molar-refractivity contribution in [3.05, 3.63) is 0 Å². The molecule has 2 aliphatic rings. The van der Waals surface area contributed by atoms with Crippen LogP contribution < -0.4 is 11.3 Å². The lowest BCUT2D eigenvalue weighted by Crippen LogP contribution is -2.64. The van der Waals surface area contributed by atoms with Gasteiger partial charge in [0.15, 0.2) is 6.29 Å².